The van der Waals surface area contributed by atoms with Gasteiger partial charge in [0, 0.05) is 11.8 Å². The summed E-state index contributed by atoms with van der Waals surface area (Å²) in [4.78, 5) is 21.9. The maximum Gasteiger partial charge on any atom is 0.289 e. The molecule has 0 saturated carbocycles. The van der Waals surface area contributed by atoms with E-state index in [9.17, 15) is 14.9 Å². The average Bonchev–Trinajstić information content (AvgIpc) is 2.48. The van der Waals surface area contributed by atoms with Gasteiger partial charge >= 0.3 is 0 Å². The molecule has 0 saturated heterocycles. The first kappa shape index (κ1) is 14.8. The van der Waals surface area contributed by atoms with E-state index < -0.39 is 10.8 Å². The molecule has 0 aliphatic carbocycles. The number of hydrogen-bond acceptors (Lipinski definition) is 4. The zero-order valence-electron chi connectivity index (χ0n) is 10.8. The van der Waals surface area contributed by atoms with Crippen molar-refractivity contribution in [2.24, 2.45) is 0 Å². The largest absolute Gasteiger partial charge is 0.484 e. The Morgan fingerprint density at radius 3 is 2.62 bits per heavy atom. The molecule has 7 heteroatoms. The molecule has 1 N–H and O–H groups in total. The summed E-state index contributed by atoms with van der Waals surface area (Å²) in [5.74, 6) is 0.144. The van der Waals surface area contributed by atoms with Crippen LogP contribution in [-0.4, -0.2) is 17.4 Å². The van der Waals surface area contributed by atoms with E-state index >= 15 is 0 Å². The topological polar surface area (TPSA) is 81.5 Å². The Balaban J connectivity index is 1.97. The first-order valence-electron chi connectivity index (χ1n) is 5.98. The van der Waals surface area contributed by atoms with Gasteiger partial charge in [-0.15, -0.1) is 0 Å². The van der Waals surface area contributed by atoms with Crippen molar-refractivity contribution in [3.05, 3.63) is 63.7 Å². The van der Waals surface area contributed by atoms with Crippen molar-refractivity contribution in [2.75, 3.05) is 11.9 Å². The Labute approximate surface area is 125 Å². The molecular weight excluding hydrogens is 296 g/mol. The SMILES string of the molecule is O=C(COc1ccccc1)Nc1ccc(Cl)c([N+](=O)[O-])c1. The molecule has 0 bridgehead atoms. The van der Waals surface area contributed by atoms with Crippen molar-refractivity contribution in [3.8, 4) is 5.75 Å². The molecule has 1 amide bonds. The number of ether oxygens (including phenoxy) is 1. The maximum absolute atomic E-state index is 11.7. The second-order valence-corrected chi connectivity index (χ2v) is 4.48. The number of amides is 1. The fraction of sp³-hybridized carbons (Fsp3) is 0.0714. The summed E-state index contributed by atoms with van der Waals surface area (Å²) < 4.78 is 5.27. The minimum Gasteiger partial charge on any atom is -0.484 e. The van der Waals surface area contributed by atoms with E-state index in [1.165, 1.54) is 18.2 Å². The van der Waals surface area contributed by atoms with E-state index in [1.54, 1.807) is 24.3 Å². The number of halogens is 1. The highest BCUT2D eigenvalue weighted by molar-refractivity contribution is 6.32. The predicted molar refractivity (Wildman–Crippen MR) is 78.7 cm³/mol. The van der Waals surface area contributed by atoms with Crippen molar-refractivity contribution in [1.82, 2.24) is 0 Å². The van der Waals surface area contributed by atoms with Crippen molar-refractivity contribution >= 4 is 28.9 Å². The molecule has 2 rings (SSSR count). The van der Waals surface area contributed by atoms with Crippen LogP contribution in [0.2, 0.25) is 5.02 Å². The van der Waals surface area contributed by atoms with Crippen molar-refractivity contribution < 1.29 is 14.5 Å². The minimum absolute atomic E-state index is 0.0125. The summed E-state index contributed by atoms with van der Waals surface area (Å²) in [5.41, 5.74) is 0.0196. The quantitative estimate of drug-likeness (QED) is 0.679. The summed E-state index contributed by atoms with van der Waals surface area (Å²) in [6, 6.07) is 12.9. The van der Waals surface area contributed by atoms with Gasteiger partial charge in [0.2, 0.25) is 0 Å². The van der Waals surface area contributed by atoms with Gasteiger partial charge in [-0.1, -0.05) is 29.8 Å². The Bertz CT molecular complexity index is 661. The third-order valence-electron chi connectivity index (χ3n) is 2.54. The molecule has 0 radical (unpaired) electrons. The van der Waals surface area contributed by atoms with Crippen LogP contribution in [0.1, 0.15) is 0 Å². The lowest BCUT2D eigenvalue weighted by Crippen LogP contribution is -2.20. The number of carbonyl (C=O) groups is 1. The molecule has 0 unspecified atom stereocenters. The zero-order chi connectivity index (χ0) is 15.2. The van der Waals surface area contributed by atoms with Crippen LogP contribution < -0.4 is 10.1 Å². The Kier molecular flexibility index (Phi) is 4.73. The summed E-state index contributed by atoms with van der Waals surface area (Å²) in [6.45, 7) is -0.194. The smallest absolute Gasteiger partial charge is 0.289 e. The number of rotatable bonds is 5. The molecule has 6 nitrogen and oxygen atoms in total. The first-order chi connectivity index (χ1) is 10.1. The Hall–Kier alpha value is -2.60. The fourth-order valence-corrected chi connectivity index (χ4v) is 1.78. The number of nitro benzene ring substituents is 1. The monoisotopic (exact) mass is 306 g/mol. The molecule has 2 aromatic rings. The van der Waals surface area contributed by atoms with E-state index in [0.717, 1.165) is 0 Å². The lowest BCUT2D eigenvalue weighted by atomic mass is 10.3. The normalized spacial score (nSPS) is 9.95. The molecule has 21 heavy (non-hydrogen) atoms. The van der Waals surface area contributed by atoms with Crippen LogP contribution in [0.5, 0.6) is 5.75 Å². The second kappa shape index (κ2) is 6.71. The molecule has 0 aliphatic heterocycles. The molecular formula is C14H11ClN2O4. The van der Waals surface area contributed by atoms with E-state index in [-0.39, 0.29) is 23.0 Å². The molecule has 0 aliphatic rings. The van der Waals surface area contributed by atoms with Crippen molar-refractivity contribution in [2.45, 2.75) is 0 Å². The van der Waals surface area contributed by atoms with Gasteiger partial charge in [-0.05, 0) is 24.3 Å². The standard InChI is InChI=1S/C14H11ClN2O4/c15-12-7-6-10(8-13(12)17(19)20)16-14(18)9-21-11-4-2-1-3-5-11/h1-8H,9H2,(H,16,18). The lowest BCUT2D eigenvalue weighted by molar-refractivity contribution is -0.384. The fourth-order valence-electron chi connectivity index (χ4n) is 1.59. The van der Waals surface area contributed by atoms with Gasteiger partial charge in [0.25, 0.3) is 11.6 Å². The zero-order valence-corrected chi connectivity index (χ0v) is 11.5. The molecule has 0 aromatic heterocycles. The van der Waals surface area contributed by atoms with Crippen LogP contribution in [0.4, 0.5) is 11.4 Å². The van der Waals surface area contributed by atoms with Crippen LogP contribution in [0, 0.1) is 10.1 Å². The molecule has 108 valence electrons. The van der Waals surface area contributed by atoms with Gasteiger partial charge in [0.1, 0.15) is 10.8 Å². The van der Waals surface area contributed by atoms with Crippen LogP contribution in [0.15, 0.2) is 48.5 Å². The predicted octanol–water partition coefficient (Wildman–Crippen LogP) is 3.27. The average molecular weight is 307 g/mol. The van der Waals surface area contributed by atoms with Gasteiger partial charge in [0.05, 0.1) is 4.92 Å². The Morgan fingerprint density at radius 1 is 1.24 bits per heavy atom. The number of nitro groups is 1. The third-order valence-corrected chi connectivity index (χ3v) is 2.86. The molecule has 0 heterocycles. The molecule has 0 atom stereocenters. The second-order valence-electron chi connectivity index (χ2n) is 4.07. The maximum atomic E-state index is 11.7. The highest BCUT2D eigenvalue weighted by atomic mass is 35.5. The summed E-state index contributed by atoms with van der Waals surface area (Å²) in [5, 5.41) is 13.3. The minimum atomic E-state index is -0.613. The summed E-state index contributed by atoms with van der Waals surface area (Å²) >= 11 is 5.69. The number of hydrogen-bond donors (Lipinski definition) is 1. The third kappa shape index (κ3) is 4.19. The van der Waals surface area contributed by atoms with E-state index in [0.29, 0.717) is 5.75 Å². The number of nitrogens with zero attached hydrogens (tertiary/aromatic N) is 1. The number of carbonyl (C=O) groups excluding carboxylic acids is 1. The van der Waals surface area contributed by atoms with Gasteiger partial charge < -0.3 is 10.1 Å². The molecule has 0 spiro atoms. The summed E-state index contributed by atoms with van der Waals surface area (Å²) in [7, 11) is 0. The number of benzene rings is 2. The van der Waals surface area contributed by atoms with Crippen LogP contribution >= 0.6 is 11.6 Å². The van der Waals surface area contributed by atoms with E-state index in [1.807, 2.05) is 6.07 Å². The van der Waals surface area contributed by atoms with Crippen molar-refractivity contribution in [3.63, 3.8) is 0 Å². The summed E-state index contributed by atoms with van der Waals surface area (Å²) in [6.07, 6.45) is 0. The number of nitrogens with one attached hydrogen (secondary N) is 1. The van der Waals surface area contributed by atoms with Gasteiger partial charge in [-0.3, -0.25) is 14.9 Å². The first-order valence-corrected chi connectivity index (χ1v) is 6.35. The highest BCUT2D eigenvalue weighted by Gasteiger charge is 2.14. The highest BCUT2D eigenvalue weighted by Crippen LogP contribution is 2.27. The molecule has 0 fully saturated rings. The van der Waals surface area contributed by atoms with Crippen LogP contribution in [-0.2, 0) is 4.79 Å². The van der Waals surface area contributed by atoms with Gasteiger partial charge in [-0.25, -0.2) is 0 Å². The molecule has 2 aromatic carbocycles. The van der Waals surface area contributed by atoms with Crippen LogP contribution in [0.3, 0.4) is 0 Å². The van der Waals surface area contributed by atoms with E-state index in [4.69, 9.17) is 16.3 Å². The van der Waals surface area contributed by atoms with E-state index in [2.05, 4.69) is 5.32 Å². The Morgan fingerprint density at radius 2 is 1.95 bits per heavy atom. The van der Waals surface area contributed by atoms with Gasteiger partial charge in [-0.2, -0.15) is 0 Å². The van der Waals surface area contributed by atoms with Gasteiger partial charge in [0.15, 0.2) is 6.61 Å². The lowest BCUT2D eigenvalue weighted by Gasteiger charge is -2.07. The van der Waals surface area contributed by atoms with Crippen LogP contribution in [0.25, 0.3) is 0 Å². The van der Waals surface area contributed by atoms with Crippen molar-refractivity contribution in [1.29, 1.82) is 0 Å². The number of para-hydroxylation sites is 1. The number of anilines is 1.